The number of aryl methyl sites for hydroxylation is 1. The van der Waals surface area contributed by atoms with Gasteiger partial charge in [-0.3, -0.25) is 9.59 Å². The summed E-state index contributed by atoms with van der Waals surface area (Å²) in [5, 5.41) is 0. The highest BCUT2D eigenvalue weighted by atomic mass is 16.5. The number of carbonyl (C=O) groups is 2. The molecule has 1 amide bonds. The third-order valence-electron chi connectivity index (χ3n) is 6.48. The number of carbonyl (C=O) groups excluding carboxylic acids is 2. The third-order valence-corrected chi connectivity index (χ3v) is 6.48. The highest BCUT2D eigenvalue weighted by molar-refractivity contribution is 6.10. The predicted molar refractivity (Wildman–Crippen MR) is 121 cm³/mol. The van der Waals surface area contributed by atoms with E-state index < -0.39 is 0 Å². The summed E-state index contributed by atoms with van der Waals surface area (Å²) in [6.07, 6.45) is 3.50. The number of hydrogen-bond donors (Lipinski definition) is 0. The number of fused-ring (bicyclic) bond motifs is 2. The lowest BCUT2D eigenvalue weighted by Gasteiger charge is -2.18. The summed E-state index contributed by atoms with van der Waals surface area (Å²) in [4.78, 5) is 31.3. The Balaban J connectivity index is 1.46. The summed E-state index contributed by atoms with van der Waals surface area (Å²) >= 11 is 0. The number of ketones is 1. The lowest BCUT2D eigenvalue weighted by atomic mass is 9.97. The van der Waals surface area contributed by atoms with Gasteiger partial charge in [0.05, 0.1) is 20.8 Å². The Labute approximate surface area is 186 Å². The van der Waals surface area contributed by atoms with E-state index in [2.05, 4.69) is 11.1 Å². The van der Waals surface area contributed by atoms with Crippen molar-refractivity contribution in [2.24, 2.45) is 0 Å². The van der Waals surface area contributed by atoms with Crippen molar-refractivity contribution in [1.82, 2.24) is 4.98 Å². The molecule has 0 spiro atoms. The molecule has 2 aromatic carbocycles. The second-order valence-corrected chi connectivity index (χ2v) is 8.28. The quantitative estimate of drug-likeness (QED) is 0.597. The average molecular weight is 428 g/mol. The number of pyridine rings is 1. The first-order valence-corrected chi connectivity index (χ1v) is 10.7. The summed E-state index contributed by atoms with van der Waals surface area (Å²) in [6, 6.07) is 13.8. The van der Waals surface area contributed by atoms with Gasteiger partial charge in [-0.05, 0) is 72.4 Å². The fourth-order valence-electron chi connectivity index (χ4n) is 4.78. The number of aromatic nitrogens is 1. The molecule has 0 saturated carbocycles. The van der Waals surface area contributed by atoms with Gasteiger partial charge in [0, 0.05) is 28.9 Å². The molecule has 0 saturated heterocycles. The van der Waals surface area contributed by atoms with Crippen molar-refractivity contribution in [3.8, 4) is 22.8 Å². The Bertz CT molecular complexity index is 1250. The molecule has 1 atom stereocenters. The predicted octanol–water partition coefficient (Wildman–Crippen LogP) is 4.55. The molecule has 3 aromatic rings. The van der Waals surface area contributed by atoms with Crippen LogP contribution in [0.1, 0.15) is 46.3 Å². The van der Waals surface area contributed by atoms with Gasteiger partial charge in [-0.15, -0.1) is 0 Å². The van der Waals surface area contributed by atoms with Crippen LogP contribution in [-0.4, -0.2) is 30.9 Å². The molecule has 6 heteroatoms. The Morgan fingerprint density at radius 3 is 2.62 bits per heavy atom. The van der Waals surface area contributed by atoms with Crippen molar-refractivity contribution in [2.75, 3.05) is 19.1 Å². The number of benzene rings is 2. The zero-order valence-corrected chi connectivity index (χ0v) is 18.3. The minimum atomic E-state index is -0.0609. The van der Waals surface area contributed by atoms with Crippen molar-refractivity contribution in [1.29, 1.82) is 0 Å². The highest BCUT2D eigenvalue weighted by Crippen LogP contribution is 2.39. The molecule has 2 aliphatic rings. The van der Waals surface area contributed by atoms with E-state index in [0.717, 1.165) is 40.8 Å². The highest BCUT2D eigenvalue weighted by Gasteiger charge is 2.31. The number of anilines is 1. The van der Waals surface area contributed by atoms with E-state index in [9.17, 15) is 9.59 Å². The molecule has 0 bridgehead atoms. The first kappa shape index (κ1) is 20.2. The molecule has 0 radical (unpaired) electrons. The Morgan fingerprint density at radius 2 is 1.88 bits per heavy atom. The molecule has 1 aliphatic heterocycles. The van der Waals surface area contributed by atoms with Gasteiger partial charge in [-0.1, -0.05) is 12.1 Å². The van der Waals surface area contributed by atoms with E-state index in [1.54, 1.807) is 32.2 Å². The number of nitrogens with zero attached hydrogens (tertiary/aromatic N) is 2. The van der Waals surface area contributed by atoms with Crippen LogP contribution >= 0.6 is 0 Å². The van der Waals surface area contributed by atoms with E-state index in [0.29, 0.717) is 23.7 Å². The molecule has 5 rings (SSSR count). The summed E-state index contributed by atoms with van der Waals surface area (Å²) in [7, 11) is 3.13. The zero-order valence-electron chi connectivity index (χ0n) is 18.3. The fraction of sp³-hybridized carbons (Fsp3) is 0.269. The lowest BCUT2D eigenvalue weighted by molar-refractivity contribution is -0.118. The molecule has 32 heavy (non-hydrogen) atoms. The number of rotatable bonds is 5. The fourth-order valence-corrected chi connectivity index (χ4v) is 4.78. The maximum atomic E-state index is 13.2. The maximum Gasteiger partial charge on any atom is 0.258 e. The summed E-state index contributed by atoms with van der Waals surface area (Å²) in [6.45, 7) is 2.14. The van der Waals surface area contributed by atoms with E-state index in [4.69, 9.17) is 9.47 Å². The SMILES string of the molecule is COc1cc(-c2ccc3c(c2)CN(c2ccc4c(c2)C(C(C)=O)CC4)C3=O)cnc1OC. The molecular formula is C26H24N2O4. The van der Waals surface area contributed by atoms with Crippen LogP contribution in [0.2, 0.25) is 0 Å². The number of Topliss-reactive ketones (excluding diaryl/α,β-unsaturated/α-hetero) is 1. The molecule has 162 valence electrons. The van der Waals surface area contributed by atoms with Crippen LogP contribution in [0.15, 0.2) is 48.7 Å². The van der Waals surface area contributed by atoms with Gasteiger partial charge < -0.3 is 14.4 Å². The summed E-state index contributed by atoms with van der Waals surface area (Å²) in [5.41, 5.74) is 6.62. The Hall–Kier alpha value is -3.67. The van der Waals surface area contributed by atoms with E-state index in [1.165, 1.54) is 5.56 Å². The molecule has 6 nitrogen and oxygen atoms in total. The van der Waals surface area contributed by atoms with Crippen molar-refractivity contribution in [3.63, 3.8) is 0 Å². The summed E-state index contributed by atoms with van der Waals surface area (Å²) in [5.74, 6) is 1.09. The first-order valence-electron chi connectivity index (χ1n) is 10.7. The molecule has 0 fully saturated rings. The molecule has 1 aromatic heterocycles. The van der Waals surface area contributed by atoms with Crippen LogP contribution in [-0.2, 0) is 17.8 Å². The first-order chi connectivity index (χ1) is 15.5. The Kier molecular flexibility index (Phi) is 4.93. The van der Waals surface area contributed by atoms with Crippen molar-refractivity contribution < 1.29 is 19.1 Å². The normalized spacial score (nSPS) is 16.7. The number of ether oxygens (including phenoxy) is 2. The van der Waals surface area contributed by atoms with Crippen LogP contribution in [0.3, 0.4) is 0 Å². The minimum Gasteiger partial charge on any atom is -0.491 e. The number of amides is 1. The monoisotopic (exact) mass is 428 g/mol. The van der Waals surface area contributed by atoms with Gasteiger partial charge in [0.2, 0.25) is 0 Å². The van der Waals surface area contributed by atoms with Gasteiger partial charge in [0.1, 0.15) is 5.78 Å². The number of methoxy groups -OCH3 is 2. The van der Waals surface area contributed by atoms with Crippen molar-refractivity contribution in [2.45, 2.75) is 32.2 Å². The van der Waals surface area contributed by atoms with Gasteiger partial charge in [-0.25, -0.2) is 4.98 Å². The van der Waals surface area contributed by atoms with Gasteiger partial charge in [0.15, 0.2) is 5.75 Å². The largest absolute Gasteiger partial charge is 0.491 e. The van der Waals surface area contributed by atoms with Crippen molar-refractivity contribution >= 4 is 17.4 Å². The second-order valence-electron chi connectivity index (χ2n) is 8.28. The average Bonchev–Trinajstić information content (AvgIpc) is 3.39. The van der Waals surface area contributed by atoms with Gasteiger partial charge >= 0.3 is 0 Å². The molecule has 0 N–H and O–H groups in total. The minimum absolute atomic E-state index is 0.0192. The molecule has 2 heterocycles. The van der Waals surface area contributed by atoms with Crippen LogP contribution in [0.5, 0.6) is 11.6 Å². The van der Waals surface area contributed by atoms with E-state index >= 15 is 0 Å². The maximum absolute atomic E-state index is 13.2. The topological polar surface area (TPSA) is 68.7 Å². The zero-order chi connectivity index (χ0) is 22.4. The van der Waals surface area contributed by atoms with Gasteiger partial charge in [0.25, 0.3) is 11.8 Å². The van der Waals surface area contributed by atoms with Crippen LogP contribution in [0.4, 0.5) is 5.69 Å². The smallest absolute Gasteiger partial charge is 0.258 e. The third kappa shape index (κ3) is 3.23. The molecular weight excluding hydrogens is 404 g/mol. The van der Waals surface area contributed by atoms with Crippen molar-refractivity contribution in [3.05, 3.63) is 70.9 Å². The van der Waals surface area contributed by atoms with E-state index in [1.807, 2.05) is 36.4 Å². The van der Waals surface area contributed by atoms with Gasteiger partial charge in [-0.2, -0.15) is 0 Å². The second kappa shape index (κ2) is 7.79. The molecule has 1 aliphatic carbocycles. The number of hydrogen-bond acceptors (Lipinski definition) is 5. The van der Waals surface area contributed by atoms with Crippen LogP contribution in [0.25, 0.3) is 11.1 Å². The van der Waals surface area contributed by atoms with Crippen LogP contribution in [0, 0.1) is 0 Å². The summed E-state index contributed by atoms with van der Waals surface area (Å²) < 4.78 is 10.6. The lowest BCUT2D eigenvalue weighted by Crippen LogP contribution is -2.23. The van der Waals surface area contributed by atoms with Crippen LogP contribution < -0.4 is 14.4 Å². The molecule has 1 unspecified atom stereocenters. The van der Waals surface area contributed by atoms with E-state index in [-0.39, 0.29) is 17.6 Å². The Morgan fingerprint density at radius 1 is 1.03 bits per heavy atom. The standard InChI is InChI=1S/C26H24N2O4/c1-15(29)21-8-5-16-4-7-20(12-23(16)21)28-14-19-10-17(6-9-22(19)26(28)30)18-11-24(31-2)25(32-3)27-13-18/h4,6-7,9-13,21H,5,8,14H2,1-3H3.